The molecule has 0 aliphatic carbocycles. The summed E-state index contributed by atoms with van der Waals surface area (Å²) in [5, 5.41) is 0. The van der Waals surface area contributed by atoms with Crippen molar-refractivity contribution in [1.29, 1.82) is 0 Å². The molecule has 1 saturated heterocycles. The Labute approximate surface area is 68.7 Å². The van der Waals surface area contributed by atoms with E-state index in [4.69, 9.17) is 0 Å². The maximum atomic E-state index is 4.36. The Morgan fingerprint density at radius 3 is 2.30 bits per heavy atom. The van der Waals surface area contributed by atoms with Gasteiger partial charge >= 0.3 is 0 Å². The molecule has 1 rings (SSSR count). The molecule has 2 unspecified atom stereocenters. The van der Waals surface area contributed by atoms with Crippen LogP contribution in [0.1, 0.15) is 13.8 Å². The van der Waals surface area contributed by atoms with Crippen LogP contribution in [-0.4, -0.2) is 41.4 Å². The molecule has 3 heteroatoms. The molecule has 60 valence electrons. The Morgan fingerprint density at radius 2 is 1.80 bits per heavy atom. The van der Waals surface area contributed by atoms with Crippen LogP contribution in [0.2, 0.25) is 0 Å². The smallest absolute Gasteiger partial charge is 0.0300 e. The lowest BCUT2D eigenvalue weighted by molar-refractivity contribution is 0.127. The molecular weight excluding hydrogens is 144 g/mol. The molecule has 1 heterocycles. The molecule has 0 bridgehead atoms. The summed E-state index contributed by atoms with van der Waals surface area (Å²) in [5.41, 5.74) is 0. The van der Waals surface area contributed by atoms with Crippen LogP contribution < -0.4 is 0 Å². The van der Waals surface area contributed by atoms with Crippen LogP contribution in [0.5, 0.6) is 0 Å². The van der Waals surface area contributed by atoms with E-state index in [-0.39, 0.29) is 0 Å². The quantitative estimate of drug-likeness (QED) is 0.525. The maximum Gasteiger partial charge on any atom is 0.0300 e. The van der Waals surface area contributed by atoms with Crippen molar-refractivity contribution in [2.45, 2.75) is 25.9 Å². The Balaban J connectivity index is 2.46. The van der Waals surface area contributed by atoms with E-state index in [2.05, 4.69) is 42.9 Å². The minimum atomic E-state index is 0.588. The highest BCUT2D eigenvalue weighted by atomic mass is 32.1. The van der Waals surface area contributed by atoms with Crippen LogP contribution in [0, 0.1) is 0 Å². The molecule has 0 aromatic heterocycles. The van der Waals surface area contributed by atoms with Crippen LogP contribution in [0.4, 0.5) is 0 Å². The van der Waals surface area contributed by atoms with E-state index in [1.54, 1.807) is 0 Å². The lowest BCUT2D eigenvalue weighted by Gasteiger charge is -2.39. The Bertz CT molecular complexity index is 92.2. The summed E-state index contributed by atoms with van der Waals surface area (Å²) in [4.78, 5) is 2.37. The van der Waals surface area contributed by atoms with Gasteiger partial charge in [-0.3, -0.25) is 0 Å². The summed E-state index contributed by atoms with van der Waals surface area (Å²) in [6.07, 6.45) is 0. The number of nitrogens with zero attached hydrogens (tertiary/aromatic N) is 2. The molecule has 1 fully saturated rings. The SMILES string of the molecule is CC1CN(S)C(C)CN1C. The summed E-state index contributed by atoms with van der Waals surface area (Å²) >= 11 is 4.36. The number of hydrogen-bond donors (Lipinski definition) is 1. The summed E-state index contributed by atoms with van der Waals surface area (Å²) in [6, 6.07) is 1.23. The second kappa shape index (κ2) is 3.11. The largest absolute Gasteiger partial charge is 0.301 e. The molecule has 1 aliphatic rings. The van der Waals surface area contributed by atoms with Crippen molar-refractivity contribution in [1.82, 2.24) is 9.21 Å². The van der Waals surface area contributed by atoms with E-state index >= 15 is 0 Å². The molecule has 0 N–H and O–H groups in total. The highest BCUT2D eigenvalue weighted by Crippen LogP contribution is 2.14. The fourth-order valence-corrected chi connectivity index (χ4v) is 1.59. The van der Waals surface area contributed by atoms with Gasteiger partial charge in [-0.2, -0.15) is 0 Å². The predicted molar refractivity (Wildman–Crippen MR) is 47.2 cm³/mol. The molecule has 0 aromatic rings. The van der Waals surface area contributed by atoms with Crippen molar-refractivity contribution in [3.8, 4) is 0 Å². The minimum absolute atomic E-state index is 0.588. The molecule has 0 radical (unpaired) electrons. The molecule has 0 saturated carbocycles. The first-order valence-corrected chi connectivity index (χ1v) is 4.17. The van der Waals surface area contributed by atoms with Crippen molar-refractivity contribution in [2.75, 3.05) is 20.1 Å². The van der Waals surface area contributed by atoms with Gasteiger partial charge in [-0.1, -0.05) is 12.8 Å². The second-order valence-corrected chi connectivity index (χ2v) is 3.77. The monoisotopic (exact) mass is 160 g/mol. The predicted octanol–water partition coefficient (Wildman–Crippen LogP) is 0.856. The standard InChI is InChI=1S/C7H16N2S/c1-6-5-9(10)7(2)4-8(6)3/h6-7,10H,4-5H2,1-3H3. The van der Waals surface area contributed by atoms with E-state index in [1.807, 2.05) is 0 Å². The molecule has 0 aromatic carbocycles. The van der Waals surface area contributed by atoms with E-state index in [0.29, 0.717) is 12.1 Å². The number of likely N-dealkylation sites (N-methyl/N-ethyl adjacent to an activating group) is 1. The summed E-state index contributed by atoms with van der Waals surface area (Å²) < 4.78 is 2.12. The van der Waals surface area contributed by atoms with Crippen molar-refractivity contribution in [3.05, 3.63) is 0 Å². The van der Waals surface area contributed by atoms with Gasteiger partial charge in [0.2, 0.25) is 0 Å². The number of piperazine rings is 1. The third-order valence-corrected chi connectivity index (χ3v) is 2.82. The van der Waals surface area contributed by atoms with E-state index in [1.165, 1.54) is 0 Å². The normalized spacial score (nSPS) is 38.4. The van der Waals surface area contributed by atoms with Crippen molar-refractivity contribution < 1.29 is 0 Å². The summed E-state index contributed by atoms with van der Waals surface area (Å²) in [7, 11) is 2.17. The van der Waals surface area contributed by atoms with Crippen LogP contribution in [0.15, 0.2) is 0 Å². The first-order chi connectivity index (χ1) is 4.61. The number of thiol groups is 1. The molecule has 0 amide bonds. The number of hydrogen-bond acceptors (Lipinski definition) is 3. The van der Waals surface area contributed by atoms with Gasteiger partial charge in [0, 0.05) is 25.2 Å². The summed E-state index contributed by atoms with van der Waals surface area (Å²) in [5.74, 6) is 0. The molecule has 0 spiro atoms. The maximum absolute atomic E-state index is 4.36. The first kappa shape index (κ1) is 8.37. The molecule has 2 atom stereocenters. The van der Waals surface area contributed by atoms with Crippen LogP contribution >= 0.6 is 12.8 Å². The van der Waals surface area contributed by atoms with Gasteiger partial charge in [0.1, 0.15) is 0 Å². The van der Waals surface area contributed by atoms with E-state index in [9.17, 15) is 0 Å². The van der Waals surface area contributed by atoms with Crippen LogP contribution in [0.25, 0.3) is 0 Å². The Morgan fingerprint density at radius 1 is 1.20 bits per heavy atom. The van der Waals surface area contributed by atoms with Gasteiger partial charge in [-0.15, -0.1) is 0 Å². The fraction of sp³-hybridized carbons (Fsp3) is 1.00. The third-order valence-electron chi connectivity index (χ3n) is 2.26. The zero-order valence-corrected chi connectivity index (χ0v) is 7.80. The van der Waals surface area contributed by atoms with Gasteiger partial charge in [0.05, 0.1) is 0 Å². The van der Waals surface area contributed by atoms with Crippen molar-refractivity contribution >= 4 is 12.8 Å². The van der Waals surface area contributed by atoms with E-state index in [0.717, 1.165) is 13.1 Å². The van der Waals surface area contributed by atoms with Gasteiger partial charge in [0.15, 0.2) is 0 Å². The minimum Gasteiger partial charge on any atom is -0.301 e. The Kier molecular flexibility index (Phi) is 2.61. The Hall–Kier alpha value is 0.270. The molecule has 10 heavy (non-hydrogen) atoms. The van der Waals surface area contributed by atoms with Gasteiger partial charge in [0.25, 0.3) is 0 Å². The lowest BCUT2D eigenvalue weighted by Crippen LogP contribution is -2.51. The topological polar surface area (TPSA) is 6.48 Å². The highest BCUT2D eigenvalue weighted by Gasteiger charge is 2.23. The van der Waals surface area contributed by atoms with Gasteiger partial charge in [-0.05, 0) is 20.9 Å². The second-order valence-electron chi connectivity index (χ2n) is 3.26. The zero-order valence-electron chi connectivity index (χ0n) is 6.91. The molecule has 2 nitrogen and oxygen atoms in total. The van der Waals surface area contributed by atoms with Crippen molar-refractivity contribution in [3.63, 3.8) is 0 Å². The van der Waals surface area contributed by atoms with Crippen LogP contribution in [0.3, 0.4) is 0 Å². The highest BCUT2D eigenvalue weighted by molar-refractivity contribution is 7.77. The average Bonchev–Trinajstić information content (AvgIpc) is 1.84. The fourth-order valence-electron chi connectivity index (χ4n) is 1.28. The van der Waals surface area contributed by atoms with Crippen LogP contribution in [-0.2, 0) is 0 Å². The van der Waals surface area contributed by atoms with Gasteiger partial charge < -0.3 is 4.90 Å². The first-order valence-electron chi connectivity index (χ1n) is 3.77. The molecular formula is C7H16N2S. The number of rotatable bonds is 0. The third kappa shape index (κ3) is 1.65. The van der Waals surface area contributed by atoms with E-state index < -0.39 is 0 Å². The lowest BCUT2D eigenvalue weighted by atomic mass is 10.2. The molecule has 1 aliphatic heterocycles. The average molecular weight is 160 g/mol. The van der Waals surface area contributed by atoms with Crippen molar-refractivity contribution in [2.24, 2.45) is 0 Å². The van der Waals surface area contributed by atoms with Gasteiger partial charge in [-0.25, -0.2) is 4.31 Å². The zero-order chi connectivity index (χ0) is 7.72. The summed E-state index contributed by atoms with van der Waals surface area (Å²) in [6.45, 7) is 6.63.